The molecular weight excluding hydrogens is 299 g/mol. The maximum atomic E-state index is 13.1. The summed E-state index contributed by atoms with van der Waals surface area (Å²) in [6.45, 7) is 2.34. The van der Waals surface area contributed by atoms with Crippen molar-refractivity contribution >= 4 is 11.9 Å². The van der Waals surface area contributed by atoms with Crippen LogP contribution in [0.15, 0.2) is 42.9 Å². The largest absolute Gasteiger partial charge is 0.292 e. The normalized spacial score (nSPS) is 10.7. The number of aryl methyl sites for hydroxylation is 1. The molecule has 0 atom stereocenters. The predicted octanol–water partition coefficient (Wildman–Crippen LogP) is 1.61. The minimum Gasteiger partial charge on any atom is -0.292 e. The van der Waals surface area contributed by atoms with Gasteiger partial charge in [-0.2, -0.15) is 5.10 Å². The molecule has 0 radical (unpaired) electrons. The maximum absolute atomic E-state index is 13.1. The van der Waals surface area contributed by atoms with Crippen LogP contribution in [0.2, 0.25) is 0 Å². The third kappa shape index (κ3) is 3.79. The Morgan fingerprint density at radius 2 is 2.22 bits per heavy atom. The Kier molecular flexibility index (Phi) is 4.13. The maximum Gasteiger partial charge on any atom is 0.248 e. The van der Waals surface area contributed by atoms with E-state index < -0.39 is 0 Å². The van der Waals surface area contributed by atoms with Crippen molar-refractivity contribution in [3.05, 3.63) is 59.9 Å². The second-order valence-electron chi connectivity index (χ2n) is 5.07. The smallest absolute Gasteiger partial charge is 0.248 e. The standard InChI is InChI=1S/C15H15FN6O/c1-11-5-6-18-22(11)9-14(23)19-15-17-10-21(20-15)8-12-3-2-4-13(16)7-12/h2-7,10H,8-9H2,1H3,(H,19,20,23). The number of hydrogen-bond donors (Lipinski definition) is 1. The van der Waals surface area contributed by atoms with Crippen LogP contribution in [0.4, 0.5) is 10.3 Å². The van der Waals surface area contributed by atoms with E-state index in [2.05, 4.69) is 20.5 Å². The minimum absolute atomic E-state index is 0.0945. The van der Waals surface area contributed by atoms with Gasteiger partial charge < -0.3 is 0 Å². The van der Waals surface area contributed by atoms with Crippen LogP contribution in [-0.2, 0) is 17.9 Å². The van der Waals surface area contributed by atoms with Gasteiger partial charge in [-0.25, -0.2) is 14.1 Å². The first-order valence-electron chi connectivity index (χ1n) is 7.02. The van der Waals surface area contributed by atoms with Crippen molar-refractivity contribution in [3.8, 4) is 0 Å². The molecule has 1 N–H and O–H groups in total. The highest BCUT2D eigenvalue weighted by Gasteiger charge is 2.09. The number of carbonyl (C=O) groups is 1. The lowest BCUT2D eigenvalue weighted by atomic mass is 10.2. The SMILES string of the molecule is Cc1ccnn1CC(=O)Nc1ncn(Cc2cccc(F)c2)n1. The van der Waals surface area contributed by atoms with Crippen LogP contribution in [0.3, 0.4) is 0 Å². The van der Waals surface area contributed by atoms with E-state index in [1.807, 2.05) is 13.0 Å². The van der Waals surface area contributed by atoms with Gasteiger partial charge in [0.2, 0.25) is 11.9 Å². The zero-order chi connectivity index (χ0) is 16.2. The van der Waals surface area contributed by atoms with E-state index in [0.29, 0.717) is 6.54 Å². The van der Waals surface area contributed by atoms with Crippen LogP contribution in [0, 0.1) is 12.7 Å². The molecule has 0 saturated carbocycles. The van der Waals surface area contributed by atoms with Crippen molar-refractivity contribution in [1.82, 2.24) is 24.5 Å². The minimum atomic E-state index is -0.300. The highest BCUT2D eigenvalue weighted by molar-refractivity contribution is 5.88. The molecule has 0 aliphatic carbocycles. The number of rotatable bonds is 5. The second-order valence-corrected chi connectivity index (χ2v) is 5.07. The molecule has 0 aliphatic rings. The molecule has 23 heavy (non-hydrogen) atoms. The summed E-state index contributed by atoms with van der Waals surface area (Å²) in [5.74, 6) is -0.359. The van der Waals surface area contributed by atoms with E-state index in [4.69, 9.17) is 0 Å². The van der Waals surface area contributed by atoms with Gasteiger partial charge in [0, 0.05) is 11.9 Å². The number of halogens is 1. The average molecular weight is 314 g/mol. The Morgan fingerprint density at radius 1 is 1.35 bits per heavy atom. The van der Waals surface area contributed by atoms with Crippen LogP contribution < -0.4 is 5.32 Å². The molecule has 7 nitrogen and oxygen atoms in total. The molecule has 1 aromatic carbocycles. The van der Waals surface area contributed by atoms with E-state index >= 15 is 0 Å². The highest BCUT2D eigenvalue weighted by Crippen LogP contribution is 2.06. The Hall–Kier alpha value is -3.03. The zero-order valence-corrected chi connectivity index (χ0v) is 12.5. The number of nitrogens with one attached hydrogen (secondary N) is 1. The van der Waals surface area contributed by atoms with Gasteiger partial charge in [0.05, 0.1) is 6.54 Å². The van der Waals surface area contributed by atoms with Crippen molar-refractivity contribution in [1.29, 1.82) is 0 Å². The van der Waals surface area contributed by atoms with Crippen molar-refractivity contribution in [2.24, 2.45) is 0 Å². The summed E-state index contributed by atoms with van der Waals surface area (Å²) < 4.78 is 16.3. The summed E-state index contributed by atoms with van der Waals surface area (Å²) in [4.78, 5) is 16.0. The number of benzene rings is 1. The van der Waals surface area contributed by atoms with Crippen molar-refractivity contribution < 1.29 is 9.18 Å². The van der Waals surface area contributed by atoms with E-state index in [1.165, 1.54) is 23.1 Å². The third-order valence-electron chi connectivity index (χ3n) is 3.24. The first-order valence-corrected chi connectivity index (χ1v) is 7.02. The van der Waals surface area contributed by atoms with Gasteiger partial charge in [-0.15, -0.1) is 5.10 Å². The molecule has 0 fully saturated rings. The lowest BCUT2D eigenvalue weighted by Crippen LogP contribution is -2.21. The Morgan fingerprint density at radius 3 is 2.96 bits per heavy atom. The Balaban J connectivity index is 1.61. The lowest BCUT2D eigenvalue weighted by Gasteiger charge is -2.04. The molecule has 0 bridgehead atoms. The molecule has 2 aromatic heterocycles. The quantitative estimate of drug-likeness (QED) is 0.776. The van der Waals surface area contributed by atoms with E-state index in [9.17, 15) is 9.18 Å². The molecule has 0 spiro atoms. The molecule has 3 rings (SSSR count). The molecule has 1 amide bonds. The molecule has 0 saturated heterocycles. The number of nitrogens with zero attached hydrogens (tertiary/aromatic N) is 5. The lowest BCUT2D eigenvalue weighted by molar-refractivity contribution is -0.117. The van der Waals surface area contributed by atoms with Gasteiger partial charge in [-0.3, -0.25) is 14.8 Å². The first-order chi connectivity index (χ1) is 11.1. The molecule has 118 valence electrons. The predicted molar refractivity (Wildman–Crippen MR) is 81.1 cm³/mol. The van der Waals surface area contributed by atoms with Gasteiger partial charge >= 0.3 is 0 Å². The van der Waals surface area contributed by atoms with Crippen LogP contribution >= 0.6 is 0 Å². The zero-order valence-electron chi connectivity index (χ0n) is 12.5. The van der Waals surface area contributed by atoms with E-state index in [1.54, 1.807) is 23.0 Å². The van der Waals surface area contributed by atoms with Crippen LogP contribution in [0.25, 0.3) is 0 Å². The molecule has 2 heterocycles. The molecule has 8 heteroatoms. The van der Waals surface area contributed by atoms with Gasteiger partial charge in [0.15, 0.2) is 0 Å². The molecule has 0 unspecified atom stereocenters. The monoisotopic (exact) mass is 314 g/mol. The molecular formula is C15H15FN6O. The molecule has 3 aromatic rings. The van der Waals surface area contributed by atoms with E-state index in [-0.39, 0.29) is 24.2 Å². The highest BCUT2D eigenvalue weighted by atomic mass is 19.1. The number of aromatic nitrogens is 5. The first kappa shape index (κ1) is 14.9. The summed E-state index contributed by atoms with van der Waals surface area (Å²) in [7, 11) is 0. The van der Waals surface area contributed by atoms with Crippen LogP contribution in [-0.4, -0.2) is 30.5 Å². The summed E-state index contributed by atoms with van der Waals surface area (Å²) in [5, 5.41) is 10.8. The Labute approximate surface area is 131 Å². The third-order valence-corrected chi connectivity index (χ3v) is 3.24. The van der Waals surface area contributed by atoms with Crippen molar-refractivity contribution in [2.75, 3.05) is 5.32 Å². The average Bonchev–Trinajstić information content (AvgIpc) is 3.09. The van der Waals surface area contributed by atoms with Gasteiger partial charge in [0.25, 0.3) is 0 Å². The topological polar surface area (TPSA) is 77.6 Å². The van der Waals surface area contributed by atoms with Crippen molar-refractivity contribution in [3.63, 3.8) is 0 Å². The number of anilines is 1. The Bertz CT molecular complexity index is 825. The van der Waals surface area contributed by atoms with Crippen LogP contribution in [0.5, 0.6) is 0 Å². The fourth-order valence-electron chi connectivity index (χ4n) is 2.12. The summed E-state index contributed by atoms with van der Waals surface area (Å²) in [5.41, 5.74) is 1.66. The number of hydrogen-bond acceptors (Lipinski definition) is 4. The van der Waals surface area contributed by atoms with Gasteiger partial charge in [-0.1, -0.05) is 12.1 Å². The number of amides is 1. The number of carbonyl (C=O) groups excluding carboxylic acids is 1. The van der Waals surface area contributed by atoms with Crippen LogP contribution in [0.1, 0.15) is 11.3 Å². The molecule has 0 aliphatic heterocycles. The summed E-state index contributed by atoms with van der Waals surface area (Å²) in [6.07, 6.45) is 3.12. The van der Waals surface area contributed by atoms with Gasteiger partial charge in [-0.05, 0) is 30.7 Å². The fourth-order valence-corrected chi connectivity index (χ4v) is 2.12. The fraction of sp³-hybridized carbons (Fsp3) is 0.200. The van der Waals surface area contributed by atoms with E-state index in [0.717, 1.165) is 11.3 Å². The summed E-state index contributed by atoms with van der Waals surface area (Å²) >= 11 is 0. The van der Waals surface area contributed by atoms with Crippen molar-refractivity contribution in [2.45, 2.75) is 20.0 Å². The van der Waals surface area contributed by atoms with Gasteiger partial charge in [0.1, 0.15) is 18.7 Å². The second kappa shape index (κ2) is 6.39. The summed E-state index contributed by atoms with van der Waals surface area (Å²) in [6, 6.07) is 8.06.